The Balaban J connectivity index is 0.00000261. The maximum absolute atomic E-state index is 12.7. The molecule has 2 aromatic rings. The Labute approximate surface area is 170 Å². The molecule has 1 aromatic heterocycles. The van der Waals surface area contributed by atoms with Crippen LogP contribution in [-0.4, -0.2) is 35.6 Å². The van der Waals surface area contributed by atoms with Gasteiger partial charge in [0.1, 0.15) is 0 Å². The van der Waals surface area contributed by atoms with Crippen molar-refractivity contribution >= 4 is 35.8 Å². The van der Waals surface area contributed by atoms with Crippen molar-refractivity contribution in [1.29, 1.82) is 0 Å². The van der Waals surface area contributed by atoms with Crippen LogP contribution >= 0.6 is 24.2 Å². The second-order valence-corrected chi connectivity index (χ2v) is 7.65. The summed E-state index contributed by atoms with van der Waals surface area (Å²) in [5.74, 6) is -0.0265. The van der Waals surface area contributed by atoms with Crippen molar-refractivity contribution in [2.45, 2.75) is 36.7 Å². The summed E-state index contributed by atoms with van der Waals surface area (Å²) in [5, 5.41) is 3.72. The van der Waals surface area contributed by atoms with Crippen molar-refractivity contribution in [3.8, 4) is 0 Å². The van der Waals surface area contributed by atoms with Crippen LogP contribution in [-0.2, 0) is 9.53 Å². The topological polar surface area (TPSA) is 90.1 Å². The summed E-state index contributed by atoms with van der Waals surface area (Å²) in [6, 6.07) is 9.66. The zero-order chi connectivity index (χ0) is 18.6. The number of halogens is 1. The first-order valence-electron chi connectivity index (χ1n) is 8.70. The fourth-order valence-corrected chi connectivity index (χ4v) is 3.86. The summed E-state index contributed by atoms with van der Waals surface area (Å²) in [5.41, 5.74) is 8.03. The minimum absolute atomic E-state index is 0. The first-order chi connectivity index (χ1) is 12.5. The Kier molecular flexibility index (Phi) is 7.61. The Bertz CT molecular complexity index is 760. The van der Waals surface area contributed by atoms with Gasteiger partial charge in [0.05, 0.1) is 5.41 Å². The van der Waals surface area contributed by atoms with Gasteiger partial charge < -0.3 is 15.8 Å². The van der Waals surface area contributed by atoms with E-state index in [-0.39, 0.29) is 18.3 Å². The van der Waals surface area contributed by atoms with E-state index >= 15 is 0 Å². The van der Waals surface area contributed by atoms with Crippen molar-refractivity contribution in [3.63, 3.8) is 0 Å². The number of benzene rings is 1. The van der Waals surface area contributed by atoms with Crippen molar-refractivity contribution in [2.24, 2.45) is 11.1 Å². The molecule has 27 heavy (non-hydrogen) atoms. The highest BCUT2D eigenvalue weighted by Crippen LogP contribution is 2.31. The summed E-state index contributed by atoms with van der Waals surface area (Å²) in [4.78, 5) is 22.6. The van der Waals surface area contributed by atoms with Crippen molar-refractivity contribution in [3.05, 3.63) is 41.7 Å². The van der Waals surface area contributed by atoms with Gasteiger partial charge in [0.25, 0.3) is 0 Å². The lowest BCUT2D eigenvalue weighted by Gasteiger charge is -2.34. The van der Waals surface area contributed by atoms with E-state index in [4.69, 9.17) is 10.5 Å². The Morgan fingerprint density at radius 1 is 1.19 bits per heavy atom. The van der Waals surface area contributed by atoms with Crippen LogP contribution in [0.4, 0.5) is 5.69 Å². The van der Waals surface area contributed by atoms with E-state index in [1.54, 1.807) is 0 Å². The number of nitrogens with zero attached hydrogens (tertiary/aromatic N) is 2. The highest BCUT2D eigenvalue weighted by molar-refractivity contribution is 7.99. The van der Waals surface area contributed by atoms with Crippen molar-refractivity contribution in [1.82, 2.24) is 9.97 Å². The molecule has 3 rings (SSSR count). The Morgan fingerprint density at radius 2 is 1.78 bits per heavy atom. The molecule has 0 spiro atoms. The number of aromatic nitrogens is 2. The third kappa shape index (κ3) is 5.42. The van der Waals surface area contributed by atoms with Crippen molar-refractivity contribution in [2.75, 3.05) is 25.1 Å². The van der Waals surface area contributed by atoms with Crippen LogP contribution in [0.5, 0.6) is 0 Å². The van der Waals surface area contributed by atoms with Gasteiger partial charge in [-0.3, -0.25) is 4.79 Å². The molecule has 0 radical (unpaired) electrons. The van der Waals surface area contributed by atoms with Crippen LogP contribution in [0.2, 0.25) is 0 Å². The number of hydrogen-bond donors (Lipinski definition) is 2. The standard InChI is InChI=1S/C19H24N4O2S.ClH/c1-13-11-14(2)22-18(21-13)26-16-5-3-15(4-6-16)23-17(24)19(12-20)7-9-25-10-8-19;/h3-6,11H,7-10,12,20H2,1-2H3,(H,23,24);1H. The Morgan fingerprint density at radius 3 is 2.33 bits per heavy atom. The van der Waals surface area contributed by atoms with E-state index in [1.807, 2.05) is 44.2 Å². The van der Waals surface area contributed by atoms with Gasteiger partial charge in [0.2, 0.25) is 5.91 Å². The first-order valence-corrected chi connectivity index (χ1v) is 9.52. The zero-order valence-corrected chi connectivity index (χ0v) is 17.2. The molecule has 8 heteroatoms. The van der Waals surface area contributed by atoms with E-state index in [1.165, 1.54) is 11.8 Å². The monoisotopic (exact) mass is 408 g/mol. The maximum atomic E-state index is 12.7. The Hall–Kier alpha value is -1.67. The van der Waals surface area contributed by atoms with E-state index in [0.717, 1.165) is 27.1 Å². The number of aryl methyl sites for hydroxylation is 2. The first kappa shape index (κ1) is 21.6. The predicted molar refractivity (Wildman–Crippen MR) is 109 cm³/mol. The summed E-state index contributed by atoms with van der Waals surface area (Å²) >= 11 is 1.50. The van der Waals surface area contributed by atoms with E-state index in [2.05, 4.69) is 15.3 Å². The molecular weight excluding hydrogens is 384 g/mol. The quantitative estimate of drug-likeness (QED) is 0.737. The van der Waals surface area contributed by atoms with Crippen LogP contribution in [0.25, 0.3) is 0 Å². The molecule has 0 bridgehead atoms. The fraction of sp³-hybridized carbons (Fsp3) is 0.421. The number of anilines is 1. The highest BCUT2D eigenvalue weighted by Gasteiger charge is 2.38. The maximum Gasteiger partial charge on any atom is 0.232 e. The molecule has 1 amide bonds. The summed E-state index contributed by atoms with van der Waals surface area (Å²) in [6.45, 7) is 5.41. The summed E-state index contributed by atoms with van der Waals surface area (Å²) < 4.78 is 5.37. The number of rotatable bonds is 5. The average Bonchev–Trinajstić information content (AvgIpc) is 2.63. The number of ether oxygens (including phenoxy) is 1. The van der Waals surface area contributed by atoms with Crippen LogP contribution < -0.4 is 11.1 Å². The smallest absolute Gasteiger partial charge is 0.232 e. The highest BCUT2D eigenvalue weighted by atomic mass is 35.5. The number of carbonyl (C=O) groups excluding carboxylic acids is 1. The molecule has 0 atom stereocenters. The number of nitrogens with two attached hydrogens (primary N) is 1. The fourth-order valence-electron chi connectivity index (χ4n) is 3.00. The van der Waals surface area contributed by atoms with Gasteiger partial charge in [-0.15, -0.1) is 12.4 Å². The molecule has 1 aliphatic rings. The molecule has 1 fully saturated rings. The third-order valence-corrected chi connectivity index (χ3v) is 5.48. The molecule has 0 unspecified atom stereocenters. The number of hydrogen-bond acceptors (Lipinski definition) is 6. The number of amides is 1. The normalized spacial score (nSPS) is 15.7. The van der Waals surface area contributed by atoms with Crippen LogP contribution in [0.15, 0.2) is 40.4 Å². The SMILES string of the molecule is Cc1cc(C)nc(Sc2ccc(NC(=O)C3(CN)CCOCC3)cc2)n1.Cl. The van der Waals surface area contributed by atoms with E-state index in [9.17, 15) is 4.79 Å². The van der Waals surface area contributed by atoms with Gasteiger partial charge in [-0.05, 0) is 68.8 Å². The molecule has 3 N–H and O–H groups in total. The third-order valence-electron chi connectivity index (χ3n) is 4.61. The molecule has 146 valence electrons. The van der Waals surface area contributed by atoms with Gasteiger partial charge in [-0.25, -0.2) is 9.97 Å². The molecule has 1 aromatic carbocycles. The molecule has 6 nitrogen and oxygen atoms in total. The lowest BCUT2D eigenvalue weighted by atomic mass is 9.79. The van der Waals surface area contributed by atoms with Crippen LogP contribution in [0, 0.1) is 19.3 Å². The van der Waals surface area contributed by atoms with Gasteiger partial charge >= 0.3 is 0 Å². The van der Waals surface area contributed by atoms with Crippen LogP contribution in [0.3, 0.4) is 0 Å². The molecular formula is C19H25ClN4O2S. The largest absolute Gasteiger partial charge is 0.381 e. The van der Waals surface area contributed by atoms with Gasteiger partial charge in [-0.2, -0.15) is 0 Å². The van der Waals surface area contributed by atoms with Gasteiger partial charge in [0.15, 0.2) is 5.16 Å². The van der Waals surface area contributed by atoms with Gasteiger partial charge in [-0.1, -0.05) is 0 Å². The molecule has 2 heterocycles. The van der Waals surface area contributed by atoms with Crippen molar-refractivity contribution < 1.29 is 9.53 Å². The second kappa shape index (κ2) is 9.50. The minimum atomic E-state index is -0.529. The molecule has 0 saturated carbocycles. The second-order valence-electron chi connectivity index (χ2n) is 6.61. The number of nitrogens with one attached hydrogen (secondary N) is 1. The lowest BCUT2D eigenvalue weighted by molar-refractivity contribution is -0.130. The van der Waals surface area contributed by atoms with E-state index < -0.39 is 5.41 Å². The predicted octanol–water partition coefficient (Wildman–Crippen LogP) is 3.36. The summed E-state index contributed by atoms with van der Waals surface area (Å²) in [6.07, 6.45) is 1.32. The molecule has 1 aliphatic heterocycles. The molecule has 1 saturated heterocycles. The molecule has 0 aliphatic carbocycles. The number of carbonyl (C=O) groups is 1. The minimum Gasteiger partial charge on any atom is -0.381 e. The lowest BCUT2D eigenvalue weighted by Crippen LogP contribution is -2.46. The van der Waals surface area contributed by atoms with Gasteiger partial charge in [0, 0.05) is 41.7 Å². The van der Waals surface area contributed by atoms with Crippen LogP contribution in [0.1, 0.15) is 24.2 Å². The van der Waals surface area contributed by atoms with E-state index in [0.29, 0.717) is 32.6 Å². The average molecular weight is 409 g/mol. The summed E-state index contributed by atoms with van der Waals surface area (Å²) in [7, 11) is 0. The zero-order valence-electron chi connectivity index (χ0n) is 15.5.